The number of hydrogen-bond acceptors (Lipinski definition) is 8. The third kappa shape index (κ3) is 8.61. The van der Waals surface area contributed by atoms with E-state index < -0.39 is 28.5 Å². The smallest absolute Gasteiger partial charge is 0.265 e. The number of methoxy groups -OCH3 is 4. The number of sulfonamides is 1. The maximum Gasteiger partial charge on any atom is 0.265 e. The highest BCUT2D eigenvalue weighted by Gasteiger charge is 2.35. The molecular formula is C34H42ClN3O8S. The van der Waals surface area contributed by atoms with Crippen molar-refractivity contribution in [3.63, 3.8) is 0 Å². The van der Waals surface area contributed by atoms with Crippen molar-refractivity contribution >= 4 is 39.1 Å². The number of carbonyl (C=O) groups is 2. The van der Waals surface area contributed by atoms with Gasteiger partial charge in [-0.25, -0.2) is 8.42 Å². The first kappa shape index (κ1) is 35.7. The van der Waals surface area contributed by atoms with Gasteiger partial charge in [0.1, 0.15) is 24.1 Å². The fourth-order valence-electron chi connectivity index (χ4n) is 5.59. The Morgan fingerprint density at radius 2 is 1.55 bits per heavy atom. The van der Waals surface area contributed by atoms with Gasteiger partial charge in [0, 0.05) is 29.7 Å². The van der Waals surface area contributed by atoms with Gasteiger partial charge < -0.3 is 29.2 Å². The molecule has 4 rings (SSSR count). The number of halogens is 1. The summed E-state index contributed by atoms with van der Waals surface area (Å²) >= 11 is 6.26. The molecule has 11 nitrogen and oxygen atoms in total. The summed E-state index contributed by atoms with van der Waals surface area (Å²) in [7, 11) is 1.23. The van der Waals surface area contributed by atoms with Crippen molar-refractivity contribution in [1.82, 2.24) is 10.2 Å². The van der Waals surface area contributed by atoms with Crippen LogP contribution in [-0.2, 0) is 26.2 Å². The first-order chi connectivity index (χ1) is 22.5. The minimum absolute atomic E-state index is 0.0120. The summed E-state index contributed by atoms with van der Waals surface area (Å²) in [5, 5.41) is 3.56. The standard InChI is InChI=1S/C34H42ClN3O8S/c1-23(34(40)36-26-12-7-6-8-13-26)37(21-24-10-9-11-25(35)18-24)33(39)22-38(29-19-27(43-2)14-16-30(29)44-3)47(41,42)28-15-17-31(45-4)32(20-28)46-5/h9-11,14-20,23,26H,6-8,12-13,21-22H2,1-5H3,(H,36,40)/t23-/m1/s1. The Kier molecular flexibility index (Phi) is 12.2. The molecule has 1 saturated carbocycles. The molecule has 1 fully saturated rings. The average Bonchev–Trinajstić information content (AvgIpc) is 3.08. The first-order valence-corrected chi connectivity index (χ1v) is 17.1. The number of rotatable bonds is 14. The Morgan fingerprint density at radius 3 is 2.19 bits per heavy atom. The maximum atomic E-state index is 14.5. The number of anilines is 1. The molecule has 13 heteroatoms. The second-order valence-corrected chi connectivity index (χ2v) is 13.5. The second kappa shape index (κ2) is 16.1. The van der Waals surface area contributed by atoms with Gasteiger partial charge in [0.15, 0.2) is 11.5 Å². The van der Waals surface area contributed by atoms with Gasteiger partial charge in [0.25, 0.3) is 10.0 Å². The van der Waals surface area contributed by atoms with E-state index in [2.05, 4.69) is 5.32 Å². The quantitative estimate of drug-likeness (QED) is 0.238. The van der Waals surface area contributed by atoms with E-state index in [9.17, 15) is 18.0 Å². The lowest BCUT2D eigenvalue weighted by molar-refractivity contribution is -0.139. The van der Waals surface area contributed by atoms with Gasteiger partial charge >= 0.3 is 0 Å². The van der Waals surface area contributed by atoms with Gasteiger partial charge in [-0.1, -0.05) is 43.0 Å². The molecule has 0 aromatic heterocycles. The molecule has 0 spiro atoms. The van der Waals surface area contributed by atoms with E-state index in [1.807, 2.05) is 0 Å². The highest BCUT2D eigenvalue weighted by molar-refractivity contribution is 7.92. The summed E-state index contributed by atoms with van der Waals surface area (Å²) in [5.41, 5.74) is 0.744. The zero-order chi connectivity index (χ0) is 34.1. The number of nitrogens with zero attached hydrogens (tertiary/aromatic N) is 2. The predicted molar refractivity (Wildman–Crippen MR) is 180 cm³/mol. The van der Waals surface area contributed by atoms with Crippen LogP contribution in [0.25, 0.3) is 0 Å². The van der Waals surface area contributed by atoms with Crippen LogP contribution in [0.15, 0.2) is 65.6 Å². The molecule has 1 aliphatic carbocycles. The SMILES string of the molecule is COc1ccc(OC)c(N(CC(=O)N(Cc2cccc(Cl)c2)[C@H](C)C(=O)NC2CCCCC2)S(=O)(=O)c2ccc(OC)c(OC)c2)c1. The lowest BCUT2D eigenvalue weighted by atomic mass is 9.95. The Balaban J connectivity index is 1.78. The summed E-state index contributed by atoms with van der Waals surface area (Å²) in [4.78, 5) is 29.2. The molecule has 1 N–H and O–H groups in total. The number of carbonyl (C=O) groups excluding carboxylic acids is 2. The molecule has 3 aromatic carbocycles. The lowest BCUT2D eigenvalue weighted by Gasteiger charge is -2.33. The van der Waals surface area contributed by atoms with Crippen LogP contribution in [0.1, 0.15) is 44.6 Å². The van der Waals surface area contributed by atoms with Gasteiger partial charge in [-0.3, -0.25) is 13.9 Å². The fourth-order valence-corrected chi connectivity index (χ4v) is 7.24. The Morgan fingerprint density at radius 1 is 0.872 bits per heavy atom. The number of nitrogens with one attached hydrogen (secondary N) is 1. The number of benzene rings is 3. The predicted octanol–water partition coefficient (Wildman–Crippen LogP) is 5.44. The van der Waals surface area contributed by atoms with Crippen LogP contribution in [0, 0.1) is 0 Å². The molecular weight excluding hydrogens is 646 g/mol. The number of hydrogen-bond donors (Lipinski definition) is 1. The fraction of sp³-hybridized carbons (Fsp3) is 0.412. The van der Waals surface area contributed by atoms with E-state index in [1.165, 1.54) is 57.6 Å². The van der Waals surface area contributed by atoms with Gasteiger partial charge in [0.05, 0.1) is 39.0 Å². The van der Waals surface area contributed by atoms with Crippen molar-refractivity contribution in [3.05, 3.63) is 71.2 Å². The molecule has 1 aliphatic rings. The van der Waals surface area contributed by atoms with Crippen LogP contribution in [0.4, 0.5) is 5.69 Å². The van der Waals surface area contributed by atoms with Crippen molar-refractivity contribution in [2.75, 3.05) is 39.3 Å². The third-order valence-corrected chi connectivity index (χ3v) is 10.2. The highest BCUT2D eigenvalue weighted by atomic mass is 35.5. The van der Waals surface area contributed by atoms with Crippen LogP contribution in [-0.4, -0.2) is 72.2 Å². The highest BCUT2D eigenvalue weighted by Crippen LogP contribution is 2.38. The molecule has 254 valence electrons. The Hall–Kier alpha value is -4.16. The monoisotopic (exact) mass is 687 g/mol. The zero-order valence-corrected chi connectivity index (χ0v) is 28.9. The zero-order valence-electron chi connectivity index (χ0n) is 27.3. The summed E-state index contributed by atoms with van der Waals surface area (Å²) < 4.78 is 51.5. The van der Waals surface area contributed by atoms with Gasteiger partial charge in [-0.2, -0.15) is 0 Å². The molecule has 0 heterocycles. The molecule has 3 aromatic rings. The van der Waals surface area contributed by atoms with Crippen LogP contribution in [0.3, 0.4) is 0 Å². The van der Waals surface area contributed by atoms with Gasteiger partial charge in [-0.15, -0.1) is 0 Å². The average molecular weight is 688 g/mol. The molecule has 0 bridgehead atoms. The van der Waals surface area contributed by atoms with Crippen LogP contribution in [0.5, 0.6) is 23.0 Å². The van der Waals surface area contributed by atoms with Crippen LogP contribution in [0.2, 0.25) is 5.02 Å². The second-order valence-electron chi connectivity index (χ2n) is 11.2. The minimum Gasteiger partial charge on any atom is -0.497 e. The summed E-state index contributed by atoms with van der Waals surface area (Å²) in [6, 6.07) is 14.9. The van der Waals surface area contributed by atoms with Crippen LogP contribution < -0.4 is 28.6 Å². The summed E-state index contributed by atoms with van der Waals surface area (Å²) in [6.45, 7) is 0.986. The minimum atomic E-state index is -4.45. The van der Waals surface area contributed by atoms with E-state index in [-0.39, 0.29) is 40.6 Å². The third-order valence-electron chi connectivity index (χ3n) is 8.24. The molecule has 0 aliphatic heterocycles. The number of amides is 2. The van der Waals surface area contributed by atoms with Crippen molar-refractivity contribution in [3.8, 4) is 23.0 Å². The van der Waals surface area contributed by atoms with Crippen molar-refractivity contribution < 1.29 is 37.0 Å². The number of ether oxygens (including phenoxy) is 4. The van der Waals surface area contributed by atoms with E-state index in [4.69, 9.17) is 30.5 Å². The van der Waals surface area contributed by atoms with E-state index >= 15 is 0 Å². The summed E-state index contributed by atoms with van der Waals surface area (Å²) in [5.74, 6) is 0.112. The molecule has 1 atom stereocenters. The van der Waals surface area contributed by atoms with Crippen molar-refractivity contribution in [1.29, 1.82) is 0 Å². The molecule has 2 amide bonds. The molecule has 0 unspecified atom stereocenters. The summed E-state index contributed by atoms with van der Waals surface area (Å²) in [6.07, 6.45) is 4.91. The Labute approximate surface area is 281 Å². The topological polar surface area (TPSA) is 124 Å². The van der Waals surface area contributed by atoms with E-state index in [1.54, 1.807) is 43.3 Å². The molecule has 0 saturated heterocycles. The van der Waals surface area contributed by atoms with E-state index in [0.717, 1.165) is 36.4 Å². The maximum absolute atomic E-state index is 14.5. The molecule has 0 radical (unpaired) electrons. The van der Waals surface area contributed by atoms with Crippen LogP contribution >= 0.6 is 11.6 Å². The largest absolute Gasteiger partial charge is 0.497 e. The van der Waals surface area contributed by atoms with Gasteiger partial charge in [0.2, 0.25) is 11.8 Å². The van der Waals surface area contributed by atoms with E-state index in [0.29, 0.717) is 22.1 Å². The van der Waals surface area contributed by atoms with Crippen molar-refractivity contribution in [2.45, 2.75) is 62.6 Å². The van der Waals surface area contributed by atoms with Crippen molar-refractivity contribution in [2.24, 2.45) is 0 Å². The first-order valence-electron chi connectivity index (χ1n) is 15.3. The Bertz CT molecular complexity index is 1660. The molecule has 47 heavy (non-hydrogen) atoms. The van der Waals surface area contributed by atoms with Gasteiger partial charge in [-0.05, 0) is 61.7 Å². The lowest BCUT2D eigenvalue weighted by Crippen LogP contribution is -2.53. The normalized spacial score (nSPS) is 14.1.